The maximum absolute atomic E-state index is 4.43. The van der Waals surface area contributed by atoms with Crippen molar-refractivity contribution in [2.45, 2.75) is 70.9 Å². The quantitative estimate of drug-likeness (QED) is 0.811. The van der Waals surface area contributed by atoms with Crippen molar-refractivity contribution >= 4 is 0 Å². The summed E-state index contributed by atoms with van der Waals surface area (Å²) in [6.07, 6.45) is 12.4. The Bertz CT molecular complexity index is 335. The molecule has 0 radical (unpaired) electrons. The van der Waals surface area contributed by atoms with Gasteiger partial charge in [0.25, 0.3) is 0 Å². The monoisotopic (exact) mass is 249 g/mol. The van der Waals surface area contributed by atoms with E-state index in [-0.39, 0.29) is 0 Å². The summed E-state index contributed by atoms with van der Waals surface area (Å²) >= 11 is 0. The molecule has 1 heterocycles. The summed E-state index contributed by atoms with van der Waals surface area (Å²) in [5.41, 5.74) is 0. The first kappa shape index (κ1) is 13.6. The van der Waals surface area contributed by atoms with E-state index in [1.807, 2.05) is 6.20 Å². The van der Waals surface area contributed by atoms with Gasteiger partial charge in [0.2, 0.25) is 0 Å². The summed E-state index contributed by atoms with van der Waals surface area (Å²) < 4.78 is 2.29. The first-order chi connectivity index (χ1) is 8.77. The van der Waals surface area contributed by atoms with Gasteiger partial charge in [-0.15, -0.1) is 0 Å². The van der Waals surface area contributed by atoms with Crippen molar-refractivity contribution in [2.75, 3.05) is 6.54 Å². The van der Waals surface area contributed by atoms with Crippen LogP contribution in [0.25, 0.3) is 0 Å². The van der Waals surface area contributed by atoms with E-state index in [4.69, 9.17) is 0 Å². The summed E-state index contributed by atoms with van der Waals surface area (Å²) in [7, 11) is 0. The van der Waals surface area contributed by atoms with Crippen LogP contribution in [-0.4, -0.2) is 22.1 Å². The average molecular weight is 249 g/mol. The van der Waals surface area contributed by atoms with Crippen molar-refractivity contribution in [3.05, 3.63) is 18.2 Å². The second kappa shape index (κ2) is 6.93. The highest BCUT2D eigenvalue weighted by atomic mass is 15.1. The second-order valence-corrected chi connectivity index (χ2v) is 5.78. The van der Waals surface area contributed by atoms with Crippen LogP contribution in [0.3, 0.4) is 0 Å². The van der Waals surface area contributed by atoms with Gasteiger partial charge in [-0.1, -0.05) is 39.5 Å². The summed E-state index contributed by atoms with van der Waals surface area (Å²) in [5.74, 6) is 1.72. The van der Waals surface area contributed by atoms with Crippen LogP contribution in [0.15, 0.2) is 12.4 Å². The average Bonchev–Trinajstić information content (AvgIpc) is 2.66. The van der Waals surface area contributed by atoms with Crippen molar-refractivity contribution < 1.29 is 0 Å². The molecule has 1 aromatic rings. The Labute approximate surface area is 111 Å². The van der Waals surface area contributed by atoms with E-state index in [2.05, 4.69) is 34.9 Å². The topological polar surface area (TPSA) is 29.9 Å². The molecule has 102 valence electrons. The molecule has 1 aliphatic carbocycles. The van der Waals surface area contributed by atoms with E-state index in [1.165, 1.54) is 44.3 Å². The predicted molar refractivity (Wildman–Crippen MR) is 75.8 cm³/mol. The molecule has 1 aromatic heterocycles. The fourth-order valence-electron chi connectivity index (χ4n) is 2.88. The van der Waals surface area contributed by atoms with E-state index in [0.717, 1.165) is 19.1 Å². The van der Waals surface area contributed by atoms with Gasteiger partial charge in [0.05, 0.1) is 0 Å². The smallest absolute Gasteiger partial charge is 0.111 e. The molecule has 1 fully saturated rings. The minimum Gasteiger partial charge on any atom is -0.333 e. The largest absolute Gasteiger partial charge is 0.333 e. The Morgan fingerprint density at radius 1 is 1.28 bits per heavy atom. The highest BCUT2D eigenvalue weighted by Crippen LogP contribution is 2.17. The highest BCUT2D eigenvalue weighted by molar-refractivity contribution is 4.97. The van der Waals surface area contributed by atoms with Gasteiger partial charge in [-0.25, -0.2) is 4.98 Å². The molecular weight excluding hydrogens is 222 g/mol. The molecule has 0 spiro atoms. The van der Waals surface area contributed by atoms with Gasteiger partial charge in [0.15, 0.2) is 0 Å². The normalized spacial score (nSPS) is 18.2. The first-order valence-corrected chi connectivity index (χ1v) is 7.52. The fraction of sp³-hybridized carbons (Fsp3) is 0.800. The SMILES string of the molecule is CC(C)c1nccn1CCNC1CCCCCC1. The molecular formula is C15H27N3. The van der Waals surface area contributed by atoms with Crippen molar-refractivity contribution in [1.82, 2.24) is 14.9 Å². The third-order valence-electron chi connectivity index (χ3n) is 3.90. The van der Waals surface area contributed by atoms with E-state index in [1.54, 1.807) is 0 Å². The molecule has 1 saturated carbocycles. The Morgan fingerprint density at radius 2 is 2.00 bits per heavy atom. The molecule has 0 atom stereocenters. The molecule has 0 aliphatic heterocycles. The molecule has 3 nitrogen and oxygen atoms in total. The predicted octanol–water partition coefficient (Wildman–Crippen LogP) is 3.32. The molecule has 0 bridgehead atoms. The Balaban J connectivity index is 1.75. The molecule has 18 heavy (non-hydrogen) atoms. The van der Waals surface area contributed by atoms with Crippen LogP contribution in [0, 0.1) is 0 Å². The summed E-state index contributed by atoms with van der Waals surface area (Å²) in [6, 6.07) is 0.749. The number of nitrogens with one attached hydrogen (secondary N) is 1. The summed E-state index contributed by atoms with van der Waals surface area (Å²) in [4.78, 5) is 4.43. The minimum atomic E-state index is 0.512. The van der Waals surface area contributed by atoms with Crippen LogP contribution in [0.4, 0.5) is 0 Å². The second-order valence-electron chi connectivity index (χ2n) is 5.78. The lowest BCUT2D eigenvalue weighted by Gasteiger charge is -2.17. The summed E-state index contributed by atoms with van der Waals surface area (Å²) in [6.45, 7) is 6.53. The molecule has 0 unspecified atom stereocenters. The molecule has 3 heteroatoms. The van der Waals surface area contributed by atoms with E-state index >= 15 is 0 Å². The standard InChI is InChI=1S/C15H27N3/c1-13(2)15-17-10-12-18(15)11-9-16-14-7-5-3-4-6-8-14/h10,12-14,16H,3-9,11H2,1-2H3. The third-order valence-corrected chi connectivity index (χ3v) is 3.90. The lowest BCUT2D eigenvalue weighted by atomic mass is 10.1. The Morgan fingerprint density at radius 3 is 2.67 bits per heavy atom. The molecule has 1 N–H and O–H groups in total. The molecule has 0 saturated heterocycles. The van der Waals surface area contributed by atoms with Crippen molar-refractivity contribution in [2.24, 2.45) is 0 Å². The first-order valence-electron chi connectivity index (χ1n) is 7.52. The van der Waals surface area contributed by atoms with Crippen LogP contribution in [0.1, 0.15) is 64.1 Å². The lowest BCUT2D eigenvalue weighted by Crippen LogP contribution is -2.31. The van der Waals surface area contributed by atoms with Gasteiger partial charge >= 0.3 is 0 Å². The summed E-state index contributed by atoms with van der Waals surface area (Å²) in [5, 5.41) is 3.72. The number of hydrogen-bond donors (Lipinski definition) is 1. The molecule has 1 aliphatic rings. The van der Waals surface area contributed by atoms with E-state index < -0.39 is 0 Å². The zero-order valence-corrected chi connectivity index (χ0v) is 11.9. The van der Waals surface area contributed by atoms with E-state index in [0.29, 0.717) is 5.92 Å². The highest BCUT2D eigenvalue weighted by Gasteiger charge is 2.11. The van der Waals surface area contributed by atoms with Crippen molar-refractivity contribution in [3.8, 4) is 0 Å². The van der Waals surface area contributed by atoms with Crippen LogP contribution in [0.5, 0.6) is 0 Å². The number of nitrogens with zero attached hydrogens (tertiary/aromatic N) is 2. The third kappa shape index (κ3) is 3.84. The number of hydrogen-bond acceptors (Lipinski definition) is 2. The van der Waals surface area contributed by atoms with Gasteiger partial charge in [-0.3, -0.25) is 0 Å². The Kier molecular flexibility index (Phi) is 5.24. The minimum absolute atomic E-state index is 0.512. The van der Waals surface area contributed by atoms with Gasteiger partial charge in [-0.05, 0) is 12.8 Å². The zero-order chi connectivity index (χ0) is 12.8. The van der Waals surface area contributed by atoms with Gasteiger partial charge in [-0.2, -0.15) is 0 Å². The van der Waals surface area contributed by atoms with Crippen molar-refractivity contribution in [1.29, 1.82) is 0 Å². The van der Waals surface area contributed by atoms with Gasteiger partial charge in [0, 0.05) is 37.4 Å². The maximum atomic E-state index is 4.43. The van der Waals surface area contributed by atoms with Crippen LogP contribution in [0.2, 0.25) is 0 Å². The maximum Gasteiger partial charge on any atom is 0.111 e. The molecule has 0 amide bonds. The number of aromatic nitrogens is 2. The number of imidazole rings is 1. The Hall–Kier alpha value is -0.830. The van der Waals surface area contributed by atoms with Crippen LogP contribution >= 0.6 is 0 Å². The van der Waals surface area contributed by atoms with Crippen molar-refractivity contribution in [3.63, 3.8) is 0 Å². The van der Waals surface area contributed by atoms with E-state index in [9.17, 15) is 0 Å². The molecule has 2 rings (SSSR count). The van der Waals surface area contributed by atoms with Crippen LogP contribution in [-0.2, 0) is 6.54 Å². The number of rotatable bonds is 5. The fourth-order valence-corrected chi connectivity index (χ4v) is 2.88. The van der Waals surface area contributed by atoms with Gasteiger partial charge in [0.1, 0.15) is 5.82 Å². The van der Waals surface area contributed by atoms with Crippen LogP contribution < -0.4 is 5.32 Å². The van der Waals surface area contributed by atoms with Gasteiger partial charge < -0.3 is 9.88 Å². The lowest BCUT2D eigenvalue weighted by molar-refractivity contribution is 0.441. The molecule has 0 aromatic carbocycles. The zero-order valence-electron chi connectivity index (χ0n) is 11.9.